The third-order valence-electron chi connectivity index (χ3n) is 4.42. The van der Waals surface area contributed by atoms with E-state index in [-0.39, 0.29) is 17.8 Å². The molecule has 1 aliphatic rings. The summed E-state index contributed by atoms with van der Waals surface area (Å²) in [6.07, 6.45) is 3.38. The first kappa shape index (κ1) is 18.2. The molecule has 1 fully saturated rings. The van der Waals surface area contributed by atoms with Gasteiger partial charge in [0.25, 0.3) is 5.91 Å². The Bertz CT molecular complexity index is 811. The number of aromatic nitrogens is 1. The van der Waals surface area contributed by atoms with Crippen LogP contribution in [0.5, 0.6) is 0 Å². The van der Waals surface area contributed by atoms with Crippen LogP contribution < -0.4 is 0 Å². The van der Waals surface area contributed by atoms with Crippen molar-refractivity contribution in [1.29, 1.82) is 0 Å². The van der Waals surface area contributed by atoms with Crippen LogP contribution in [-0.2, 0) is 16.1 Å². The highest BCUT2D eigenvalue weighted by molar-refractivity contribution is 9.11. The maximum atomic E-state index is 13.1. The molecule has 0 aromatic carbocycles. The van der Waals surface area contributed by atoms with Crippen molar-refractivity contribution < 1.29 is 14.3 Å². The van der Waals surface area contributed by atoms with Crippen LogP contribution in [0.1, 0.15) is 30.3 Å². The average molecular weight is 425 g/mol. The number of rotatable bonds is 5. The van der Waals surface area contributed by atoms with E-state index in [1.807, 2.05) is 16.7 Å². The molecule has 1 atom stereocenters. The van der Waals surface area contributed by atoms with Crippen LogP contribution in [0.2, 0.25) is 0 Å². The van der Waals surface area contributed by atoms with Gasteiger partial charge in [0.05, 0.1) is 26.5 Å². The van der Waals surface area contributed by atoms with Gasteiger partial charge < -0.3 is 14.2 Å². The van der Waals surface area contributed by atoms with E-state index < -0.39 is 0 Å². The Morgan fingerprint density at radius 1 is 1.48 bits per heavy atom. The van der Waals surface area contributed by atoms with Gasteiger partial charge in [-0.1, -0.05) is 6.08 Å². The molecular formula is C18H21BrN2O3S. The fourth-order valence-corrected chi connectivity index (χ4v) is 4.86. The predicted molar refractivity (Wildman–Crippen MR) is 103 cm³/mol. The highest BCUT2D eigenvalue weighted by atomic mass is 79.9. The summed E-state index contributed by atoms with van der Waals surface area (Å²) in [5.74, 6) is -0.461. The second-order valence-corrected chi connectivity index (χ2v) is 8.53. The lowest BCUT2D eigenvalue weighted by atomic mass is 9.98. The molecule has 2 aromatic rings. The van der Waals surface area contributed by atoms with E-state index in [1.165, 1.54) is 0 Å². The summed E-state index contributed by atoms with van der Waals surface area (Å²) < 4.78 is 9.22. The molecule has 0 bridgehead atoms. The summed E-state index contributed by atoms with van der Waals surface area (Å²) in [5.41, 5.74) is 1.68. The van der Waals surface area contributed by atoms with Crippen molar-refractivity contribution >= 4 is 49.4 Å². The standard InChI is InChI=1S/C18H21BrN2O3S/c1-3-7-21-13-10-16(19)25-15(13)9-14(21)17(22)20-8-5-6-12(11-20)18(23)24-4-2/h3,9-10,12H,1,4-8,11H2,2H3. The molecule has 3 rings (SSSR count). The Balaban J connectivity index is 1.86. The maximum absolute atomic E-state index is 13.1. The molecule has 0 radical (unpaired) electrons. The number of thiophene rings is 1. The van der Waals surface area contributed by atoms with Crippen LogP contribution >= 0.6 is 27.3 Å². The van der Waals surface area contributed by atoms with Gasteiger partial charge in [-0.3, -0.25) is 9.59 Å². The van der Waals surface area contributed by atoms with Crippen molar-refractivity contribution in [1.82, 2.24) is 9.47 Å². The lowest BCUT2D eigenvalue weighted by Crippen LogP contribution is -2.43. The number of allylic oxidation sites excluding steroid dienone is 1. The fraction of sp³-hybridized carbons (Fsp3) is 0.444. The average Bonchev–Trinajstić information content (AvgIpc) is 3.12. The third-order valence-corrected chi connectivity index (χ3v) is 5.99. The maximum Gasteiger partial charge on any atom is 0.310 e. The van der Waals surface area contributed by atoms with Crippen molar-refractivity contribution in [2.45, 2.75) is 26.3 Å². The first-order valence-electron chi connectivity index (χ1n) is 8.40. The van der Waals surface area contributed by atoms with Crippen molar-refractivity contribution in [3.8, 4) is 0 Å². The Kier molecular flexibility index (Phi) is 5.64. The van der Waals surface area contributed by atoms with Crippen molar-refractivity contribution in [3.63, 3.8) is 0 Å². The number of likely N-dealkylation sites (tertiary alicyclic amines) is 1. The number of hydrogen-bond donors (Lipinski definition) is 0. The molecule has 0 N–H and O–H groups in total. The SMILES string of the molecule is C=CCn1c(C(=O)N2CCCC(C(=O)OCC)C2)cc2sc(Br)cc21. The predicted octanol–water partition coefficient (Wildman–Crippen LogP) is 4.07. The van der Waals surface area contributed by atoms with Crippen LogP contribution in [0, 0.1) is 5.92 Å². The molecule has 0 aliphatic carbocycles. The smallest absolute Gasteiger partial charge is 0.310 e. The molecule has 1 saturated heterocycles. The molecular weight excluding hydrogens is 404 g/mol. The number of esters is 1. The lowest BCUT2D eigenvalue weighted by molar-refractivity contribution is -0.149. The largest absolute Gasteiger partial charge is 0.466 e. The van der Waals surface area contributed by atoms with E-state index in [4.69, 9.17) is 4.74 Å². The number of amides is 1. The van der Waals surface area contributed by atoms with E-state index in [0.717, 1.165) is 26.8 Å². The number of halogens is 1. The summed E-state index contributed by atoms with van der Waals surface area (Å²) in [5, 5.41) is 0. The van der Waals surface area contributed by atoms with Crippen molar-refractivity contribution in [3.05, 3.63) is 34.3 Å². The first-order valence-corrected chi connectivity index (χ1v) is 10.0. The van der Waals surface area contributed by atoms with Crippen LogP contribution in [-0.4, -0.2) is 41.0 Å². The van der Waals surface area contributed by atoms with Gasteiger partial charge in [0.2, 0.25) is 0 Å². The minimum atomic E-state index is -0.226. The number of fused-ring (bicyclic) bond motifs is 1. The van der Waals surface area contributed by atoms with Crippen molar-refractivity contribution in [2.24, 2.45) is 5.92 Å². The summed E-state index contributed by atoms with van der Waals surface area (Å²) >= 11 is 5.10. The second-order valence-electron chi connectivity index (χ2n) is 6.07. The zero-order valence-electron chi connectivity index (χ0n) is 14.2. The lowest BCUT2D eigenvalue weighted by Gasteiger charge is -2.31. The van der Waals surface area contributed by atoms with E-state index in [2.05, 4.69) is 22.5 Å². The summed E-state index contributed by atoms with van der Waals surface area (Å²) in [4.78, 5) is 26.9. The highest BCUT2D eigenvalue weighted by Gasteiger charge is 2.31. The van der Waals surface area contributed by atoms with E-state index in [1.54, 1.807) is 29.2 Å². The van der Waals surface area contributed by atoms with Gasteiger partial charge in [-0.2, -0.15) is 0 Å². The Labute approximate surface area is 159 Å². The molecule has 25 heavy (non-hydrogen) atoms. The van der Waals surface area contributed by atoms with Gasteiger partial charge in [0, 0.05) is 19.6 Å². The minimum Gasteiger partial charge on any atom is -0.466 e. The molecule has 3 heterocycles. The molecule has 0 saturated carbocycles. The quantitative estimate of drug-likeness (QED) is 0.536. The number of nitrogens with zero attached hydrogens (tertiary/aromatic N) is 2. The Hall–Kier alpha value is -1.60. The molecule has 7 heteroatoms. The topological polar surface area (TPSA) is 51.5 Å². The van der Waals surface area contributed by atoms with Gasteiger partial charge in [-0.25, -0.2) is 0 Å². The molecule has 5 nitrogen and oxygen atoms in total. The molecule has 1 amide bonds. The number of carbonyl (C=O) groups excluding carboxylic acids is 2. The number of hydrogen-bond acceptors (Lipinski definition) is 4. The molecule has 1 unspecified atom stereocenters. The third kappa shape index (κ3) is 3.67. The summed E-state index contributed by atoms with van der Waals surface area (Å²) in [6.45, 7) is 7.65. The van der Waals surface area contributed by atoms with E-state index in [0.29, 0.717) is 31.9 Å². The summed E-state index contributed by atoms with van der Waals surface area (Å²) in [6, 6.07) is 3.96. The normalized spacial score (nSPS) is 17.7. The van der Waals surface area contributed by atoms with Crippen molar-refractivity contribution in [2.75, 3.05) is 19.7 Å². The fourth-order valence-electron chi connectivity index (χ4n) is 3.29. The number of ether oxygens (including phenoxy) is 1. The van der Waals surface area contributed by atoms with Crippen LogP contribution in [0.4, 0.5) is 0 Å². The molecule has 134 valence electrons. The summed E-state index contributed by atoms with van der Waals surface area (Å²) in [7, 11) is 0. The zero-order chi connectivity index (χ0) is 18.0. The van der Waals surface area contributed by atoms with Gasteiger partial charge in [-0.05, 0) is 47.8 Å². The van der Waals surface area contributed by atoms with Crippen LogP contribution in [0.3, 0.4) is 0 Å². The van der Waals surface area contributed by atoms with E-state index in [9.17, 15) is 9.59 Å². The molecule has 2 aromatic heterocycles. The zero-order valence-corrected chi connectivity index (χ0v) is 16.6. The highest BCUT2D eigenvalue weighted by Crippen LogP contribution is 2.33. The van der Waals surface area contributed by atoms with Gasteiger partial charge in [0.1, 0.15) is 5.69 Å². The van der Waals surface area contributed by atoms with Crippen LogP contribution in [0.15, 0.2) is 28.6 Å². The van der Waals surface area contributed by atoms with Gasteiger partial charge >= 0.3 is 5.97 Å². The minimum absolute atomic E-state index is 0.0321. The first-order chi connectivity index (χ1) is 12.0. The van der Waals surface area contributed by atoms with E-state index >= 15 is 0 Å². The number of piperidine rings is 1. The second kappa shape index (κ2) is 7.74. The number of carbonyl (C=O) groups is 2. The Morgan fingerprint density at radius 2 is 2.28 bits per heavy atom. The molecule has 1 aliphatic heterocycles. The van der Waals surface area contributed by atoms with Crippen LogP contribution in [0.25, 0.3) is 10.2 Å². The Morgan fingerprint density at radius 3 is 3.00 bits per heavy atom. The van der Waals surface area contributed by atoms with Gasteiger partial charge in [0.15, 0.2) is 0 Å². The monoisotopic (exact) mass is 424 g/mol. The van der Waals surface area contributed by atoms with Gasteiger partial charge in [-0.15, -0.1) is 17.9 Å². The molecule has 0 spiro atoms.